The Hall–Kier alpha value is -0.160. The summed E-state index contributed by atoms with van der Waals surface area (Å²) in [4.78, 5) is 0. The van der Waals surface area contributed by atoms with Gasteiger partial charge in [0.15, 0.2) is 0 Å². The van der Waals surface area contributed by atoms with Gasteiger partial charge in [0.25, 0.3) is 0 Å². The number of rotatable bonds is 6. The fraction of sp³-hybridized carbons (Fsp3) is 1.00. The minimum Gasteiger partial charge on any atom is -0.392 e. The van der Waals surface area contributed by atoms with Crippen molar-refractivity contribution >= 4 is 0 Å². The average Bonchev–Trinajstić information content (AvgIpc) is 2.20. The molecule has 1 saturated heterocycles. The molecule has 2 unspecified atom stereocenters. The first kappa shape index (κ1) is 11.9. The summed E-state index contributed by atoms with van der Waals surface area (Å²) in [6.45, 7) is 4.73. The van der Waals surface area contributed by atoms with Crippen LogP contribution in [0.5, 0.6) is 0 Å². The molecule has 0 amide bonds. The Labute approximate surface area is 85.6 Å². The molecule has 4 nitrogen and oxygen atoms in total. The Balaban J connectivity index is 1.96. The number of nitrogens with one attached hydrogen (secondary N) is 1. The van der Waals surface area contributed by atoms with E-state index in [0.717, 1.165) is 32.4 Å². The molecular formula is C10H21NO3. The second-order valence-corrected chi connectivity index (χ2v) is 3.70. The van der Waals surface area contributed by atoms with Gasteiger partial charge in [-0.1, -0.05) is 13.3 Å². The first-order chi connectivity index (χ1) is 6.83. The second kappa shape index (κ2) is 7.17. The number of aliphatic hydroxyl groups is 1. The number of hydrogen-bond acceptors (Lipinski definition) is 4. The average molecular weight is 203 g/mol. The zero-order valence-electron chi connectivity index (χ0n) is 8.87. The fourth-order valence-corrected chi connectivity index (χ4v) is 1.51. The van der Waals surface area contributed by atoms with Gasteiger partial charge in [0.05, 0.1) is 18.8 Å². The predicted octanol–water partition coefficient (Wildman–Crippen LogP) is 0.500. The SMILES string of the molecule is CCCC(O)CNCC1CCOCO1. The molecule has 2 atom stereocenters. The van der Waals surface area contributed by atoms with Crippen molar-refractivity contribution in [1.29, 1.82) is 0 Å². The molecule has 2 N–H and O–H groups in total. The normalized spacial score (nSPS) is 24.9. The van der Waals surface area contributed by atoms with Gasteiger partial charge >= 0.3 is 0 Å². The van der Waals surface area contributed by atoms with Crippen molar-refractivity contribution in [3.05, 3.63) is 0 Å². The molecule has 0 radical (unpaired) electrons. The van der Waals surface area contributed by atoms with E-state index in [4.69, 9.17) is 9.47 Å². The van der Waals surface area contributed by atoms with Gasteiger partial charge in [-0.25, -0.2) is 0 Å². The molecule has 1 fully saturated rings. The van der Waals surface area contributed by atoms with Crippen LogP contribution < -0.4 is 5.32 Å². The first-order valence-electron chi connectivity index (χ1n) is 5.41. The monoisotopic (exact) mass is 203 g/mol. The lowest BCUT2D eigenvalue weighted by Crippen LogP contribution is -2.37. The van der Waals surface area contributed by atoms with Gasteiger partial charge in [-0.2, -0.15) is 0 Å². The molecule has 1 aliphatic heterocycles. The highest BCUT2D eigenvalue weighted by atomic mass is 16.7. The van der Waals surface area contributed by atoms with Crippen molar-refractivity contribution in [2.75, 3.05) is 26.5 Å². The summed E-state index contributed by atoms with van der Waals surface area (Å²) in [5.74, 6) is 0. The van der Waals surface area contributed by atoms with Gasteiger partial charge < -0.3 is 19.9 Å². The lowest BCUT2D eigenvalue weighted by Gasteiger charge is -2.23. The lowest BCUT2D eigenvalue weighted by atomic mass is 10.2. The van der Waals surface area contributed by atoms with E-state index in [-0.39, 0.29) is 12.2 Å². The maximum atomic E-state index is 9.45. The van der Waals surface area contributed by atoms with Crippen LogP contribution in [0.4, 0.5) is 0 Å². The van der Waals surface area contributed by atoms with E-state index >= 15 is 0 Å². The Morgan fingerprint density at radius 2 is 2.43 bits per heavy atom. The van der Waals surface area contributed by atoms with Gasteiger partial charge in [0, 0.05) is 13.1 Å². The third kappa shape index (κ3) is 4.91. The fourth-order valence-electron chi connectivity index (χ4n) is 1.51. The van der Waals surface area contributed by atoms with Crippen LogP contribution in [-0.2, 0) is 9.47 Å². The molecule has 0 aliphatic carbocycles. The zero-order valence-corrected chi connectivity index (χ0v) is 8.87. The molecule has 0 spiro atoms. The van der Waals surface area contributed by atoms with Gasteiger partial charge in [-0.3, -0.25) is 0 Å². The van der Waals surface area contributed by atoms with E-state index in [9.17, 15) is 5.11 Å². The van der Waals surface area contributed by atoms with Crippen LogP contribution in [0.1, 0.15) is 26.2 Å². The molecule has 0 aromatic carbocycles. The van der Waals surface area contributed by atoms with Gasteiger partial charge in [0.2, 0.25) is 0 Å². The van der Waals surface area contributed by atoms with Crippen molar-refractivity contribution < 1.29 is 14.6 Å². The van der Waals surface area contributed by atoms with Crippen LogP contribution in [0.15, 0.2) is 0 Å². The van der Waals surface area contributed by atoms with Gasteiger partial charge in [-0.05, 0) is 12.8 Å². The van der Waals surface area contributed by atoms with E-state index < -0.39 is 0 Å². The maximum absolute atomic E-state index is 9.45. The van der Waals surface area contributed by atoms with Gasteiger partial charge in [0.1, 0.15) is 6.79 Å². The quantitative estimate of drug-likeness (QED) is 0.660. The van der Waals surface area contributed by atoms with Gasteiger partial charge in [-0.15, -0.1) is 0 Å². The molecule has 0 bridgehead atoms. The standard InChI is InChI=1S/C10H21NO3/c1-2-3-9(12)6-11-7-10-4-5-13-8-14-10/h9-12H,2-8H2,1H3. The molecule has 0 aromatic rings. The molecule has 1 aliphatic rings. The summed E-state index contributed by atoms with van der Waals surface area (Å²) in [7, 11) is 0. The van der Waals surface area contributed by atoms with Crippen molar-refractivity contribution in [3.63, 3.8) is 0 Å². The molecule has 0 saturated carbocycles. The molecule has 1 rings (SSSR count). The smallest absolute Gasteiger partial charge is 0.147 e. The lowest BCUT2D eigenvalue weighted by molar-refractivity contribution is -0.137. The molecular weight excluding hydrogens is 182 g/mol. The highest BCUT2D eigenvalue weighted by Crippen LogP contribution is 2.04. The third-order valence-corrected chi connectivity index (χ3v) is 2.35. The summed E-state index contributed by atoms with van der Waals surface area (Å²) in [5.41, 5.74) is 0. The third-order valence-electron chi connectivity index (χ3n) is 2.35. The second-order valence-electron chi connectivity index (χ2n) is 3.70. The summed E-state index contributed by atoms with van der Waals surface area (Å²) in [5, 5.41) is 12.7. The van der Waals surface area contributed by atoms with Crippen LogP contribution in [0.3, 0.4) is 0 Å². The largest absolute Gasteiger partial charge is 0.392 e. The minimum absolute atomic E-state index is 0.222. The Kier molecular flexibility index (Phi) is 6.10. The predicted molar refractivity (Wildman–Crippen MR) is 54.1 cm³/mol. The highest BCUT2D eigenvalue weighted by Gasteiger charge is 2.13. The van der Waals surface area contributed by atoms with Crippen LogP contribution in [0.2, 0.25) is 0 Å². The summed E-state index contributed by atoms with van der Waals surface area (Å²) < 4.78 is 10.4. The van der Waals surface area contributed by atoms with Crippen LogP contribution in [0.25, 0.3) is 0 Å². The summed E-state index contributed by atoms with van der Waals surface area (Å²) >= 11 is 0. The van der Waals surface area contributed by atoms with E-state index in [2.05, 4.69) is 12.2 Å². The maximum Gasteiger partial charge on any atom is 0.147 e. The van der Waals surface area contributed by atoms with E-state index in [0.29, 0.717) is 13.3 Å². The van der Waals surface area contributed by atoms with E-state index in [1.807, 2.05) is 0 Å². The summed E-state index contributed by atoms with van der Waals surface area (Å²) in [6, 6.07) is 0. The topological polar surface area (TPSA) is 50.7 Å². The van der Waals surface area contributed by atoms with Crippen molar-refractivity contribution in [1.82, 2.24) is 5.32 Å². The molecule has 4 heteroatoms. The Bertz CT molecular complexity index is 137. The van der Waals surface area contributed by atoms with Crippen molar-refractivity contribution in [2.45, 2.75) is 38.4 Å². The number of aliphatic hydroxyl groups excluding tert-OH is 1. The van der Waals surface area contributed by atoms with Crippen LogP contribution >= 0.6 is 0 Å². The molecule has 14 heavy (non-hydrogen) atoms. The van der Waals surface area contributed by atoms with Crippen LogP contribution in [-0.4, -0.2) is 43.8 Å². The first-order valence-corrected chi connectivity index (χ1v) is 5.41. The van der Waals surface area contributed by atoms with E-state index in [1.165, 1.54) is 0 Å². The number of hydrogen-bond donors (Lipinski definition) is 2. The van der Waals surface area contributed by atoms with Crippen molar-refractivity contribution in [3.8, 4) is 0 Å². The Morgan fingerprint density at radius 1 is 1.57 bits per heavy atom. The summed E-state index contributed by atoms with van der Waals surface area (Å²) in [6.07, 6.45) is 2.85. The van der Waals surface area contributed by atoms with E-state index in [1.54, 1.807) is 0 Å². The minimum atomic E-state index is -0.222. The van der Waals surface area contributed by atoms with Crippen molar-refractivity contribution in [2.24, 2.45) is 0 Å². The highest BCUT2D eigenvalue weighted by molar-refractivity contribution is 4.66. The molecule has 1 heterocycles. The Morgan fingerprint density at radius 3 is 3.07 bits per heavy atom. The number of ether oxygens (including phenoxy) is 2. The van der Waals surface area contributed by atoms with Crippen LogP contribution in [0, 0.1) is 0 Å². The zero-order chi connectivity index (χ0) is 10.2. The molecule has 84 valence electrons. The molecule has 0 aromatic heterocycles.